The van der Waals surface area contributed by atoms with Gasteiger partial charge in [0.15, 0.2) is 0 Å². The molecule has 0 aliphatic carbocycles. The minimum atomic E-state index is 0.340. The molecule has 0 radical (unpaired) electrons. The number of halogens is 1. The second-order valence-corrected chi connectivity index (χ2v) is 7.41. The first-order valence-electron chi connectivity index (χ1n) is 6.56. The lowest BCUT2D eigenvalue weighted by Crippen LogP contribution is -2.22. The molecule has 1 N–H and O–H groups in total. The quantitative estimate of drug-likeness (QED) is 0.772. The summed E-state index contributed by atoms with van der Waals surface area (Å²) >= 11 is 5.41. The molecule has 2 aromatic rings. The maximum Gasteiger partial charge on any atom is 0.0308 e. The van der Waals surface area contributed by atoms with Gasteiger partial charge < -0.3 is 5.32 Å². The lowest BCUT2D eigenvalue weighted by molar-refractivity contribution is 0.494. The van der Waals surface area contributed by atoms with Crippen molar-refractivity contribution in [2.75, 3.05) is 0 Å². The SMILES string of the molecule is Cc1cc(C(C)N[C@H](C)c2cccc(Br)c2)c(C)s1. The summed E-state index contributed by atoms with van der Waals surface area (Å²) in [6, 6.07) is 11.5. The number of hydrogen-bond donors (Lipinski definition) is 1. The van der Waals surface area contributed by atoms with Gasteiger partial charge in [0.1, 0.15) is 0 Å². The van der Waals surface area contributed by atoms with Gasteiger partial charge >= 0.3 is 0 Å². The molecule has 1 heterocycles. The molecular formula is C16H20BrNS. The van der Waals surface area contributed by atoms with Gasteiger partial charge in [-0.1, -0.05) is 28.1 Å². The molecule has 102 valence electrons. The van der Waals surface area contributed by atoms with Crippen LogP contribution in [0.4, 0.5) is 0 Å². The van der Waals surface area contributed by atoms with Crippen LogP contribution in [-0.4, -0.2) is 0 Å². The molecule has 0 bridgehead atoms. The van der Waals surface area contributed by atoms with E-state index in [4.69, 9.17) is 0 Å². The Bertz CT molecular complexity index is 562. The molecule has 1 unspecified atom stereocenters. The second-order valence-electron chi connectivity index (χ2n) is 5.03. The Kier molecular flexibility index (Phi) is 4.82. The number of nitrogens with one attached hydrogen (secondary N) is 1. The minimum absolute atomic E-state index is 0.340. The lowest BCUT2D eigenvalue weighted by atomic mass is 10.0. The summed E-state index contributed by atoms with van der Waals surface area (Å²) in [6.07, 6.45) is 0. The first-order valence-corrected chi connectivity index (χ1v) is 8.16. The summed E-state index contributed by atoms with van der Waals surface area (Å²) in [6.45, 7) is 8.83. The first-order chi connectivity index (χ1) is 8.97. The Labute approximate surface area is 128 Å². The highest BCUT2D eigenvalue weighted by Crippen LogP contribution is 2.28. The number of thiophene rings is 1. The zero-order valence-electron chi connectivity index (χ0n) is 11.8. The van der Waals surface area contributed by atoms with Gasteiger partial charge in [0.2, 0.25) is 0 Å². The van der Waals surface area contributed by atoms with Gasteiger partial charge in [-0.15, -0.1) is 11.3 Å². The average molecular weight is 338 g/mol. The molecule has 2 rings (SSSR count). The third kappa shape index (κ3) is 3.68. The molecule has 0 aliphatic rings. The molecule has 3 heteroatoms. The van der Waals surface area contributed by atoms with E-state index in [9.17, 15) is 0 Å². The van der Waals surface area contributed by atoms with Crippen molar-refractivity contribution in [2.45, 2.75) is 39.8 Å². The molecule has 0 spiro atoms. The van der Waals surface area contributed by atoms with E-state index in [0.717, 1.165) is 4.47 Å². The smallest absolute Gasteiger partial charge is 0.0308 e. The molecule has 19 heavy (non-hydrogen) atoms. The fourth-order valence-electron chi connectivity index (χ4n) is 2.42. The van der Waals surface area contributed by atoms with Crippen molar-refractivity contribution >= 4 is 27.3 Å². The van der Waals surface area contributed by atoms with Crippen molar-refractivity contribution in [3.63, 3.8) is 0 Å². The predicted octanol–water partition coefficient (Wildman–Crippen LogP) is 5.54. The third-order valence-corrected chi connectivity index (χ3v) is 4.87. The van der Waals surface area contributed by atoms with Crippen LogP contribution in [0.3, 0.4) is 0 Å². The van der Waals surface area contributed by atoms with Gasteiger partial charge in [-0.05, 0) is 57.0 Å². The molecule has 1 aromatic heterocycles. The van der Waals surface area contributed by atoms with E-state index in [2.05, 4.69) is 79.3 Å². The van der Waals surface area contributed by atoms with Crippen molar-refractivity contribution < 1.29 is 0 Å². The second kappa shape index (κ2) is 6.21. The fourth-order valence-corrected chi connectivity index (χ4v) is 3.86. The standard InChI is InChI=1S/C16H20BrNS/c1-10-8-16(13(4)19-10)12(3)18-11(2)14-6-5-7-15(17)9-14/h5-9,11-12,18H,1-4H3/t11-,12?/m1/s1. The van der Waals surface area contributed by atoms with E-state index in [1.165, 1.54) is 20.9 Å². The molecule has 0 aliphatic heterocycles. The average Bonchev–Trinajstić information content (AvgIpc) is 2.68. The maximum atomic E-state index is 3.68. The van der Waals surface area contributed by atoms with E-state index >= 15 is 0 Å². The van der Waals surface area contributed by atoms with Gasteiger partial charge in [-0.25, -0.2) is 0 Å². The number of hydrogen-bond acceptors (Lipinski definition) is 2. The zero-order chi connectivity index (χ0) is 14.0. The summed E-state index contributed by atoms with van der Waals surface area (Å²) in [5.74, 6) is 0. The Morgan fingerprint density at radius 2 is 1.84 bits per heavy atom. The number of benzene rings is 1. The van der Waals surface area contributed by atoms with Crippen molar-refractivity contribution in [3.8, 4) is 0 Å². The van der Waals surface area contributed by atoms with E-state index < -0.39 is 0 Å². The Morgan fingerprint density at radius 3 is 2.42 bits per heavy atom. The van der Waals surface area contributed by atoms with Crippen LogP contribution in [0.15, 0.2) is 34.8 Å². The molecule has 1 nitrogen and oxygen atoms in total. The summed E-state index contributed by atoms with van der Waals surface area (Å²) in [5.41, 5.74) is 2.73. The molecule has 0 saturated heterocycles. The summed E-state index contributed by atoms with van der Waals surface area (Å²) in [5, 5.41) is 3.68. The fraction of sp³-hybridized carbons (Fsp3) is 0.375. The zero-order valence-corrected chi connectivity index (χ0v) is 14.2. The summed E-state index contributed by atoms with van der Waals surface area (Å²) in [7, 11) is 0. The summed E-state index contributed by atoms with van der Waals surface area (Å²) in [4.78, 5) is 2.80. The molecule has 1 aromatic carbocycles. The molecule has 0 saturated carbocycles. The van der Waals surface area contributed by atoms with Gasteiger partial charge in [0.25, 0.3) is 0 Å². The summed E-state index contributed by atoms with van der Waals surface area (Å²) < 4.78 is 1.13. The highest BCUT2D eigenvalue weighted by Gasteiger charge is 2.14. The lowest BCUT2D eigenvalue weighted by Gasteiger charge is -2.21. The van der Waals surface area contributed by atoms with Crippen LogP contribution in [0.25, 0.3) is 0 Å². The normalized spacial score (nSPS) is 14.4. The van der Waals surface area contributed by atoms with Gasteiger partial charge in [0, 0.05) is 26.3 Å². The van der Waals surface area contributed by atoms with Crippen LogP contribution in [0.2, 0.25) is 0 Å². The first kappa shape index (κ1) is 14.8. The van der Waals surface area contributed by atoms with Crippen molar-refractivity contribution in [2.24, 2.45) is 0 Å². The van der Waals surface area contributed by atoms with E-state index in [1.807, 2.05) is 11.3 Å². The van der Waals surface area contributed by atoms with E-state index in [0.29, 0.717) is 12.1 Å². The van der Waals surface area contributed by atoms with Crippen LogP contribution in [0.5, 0.6) is 0 Å². The van der Waals surface area contributed by atoms with Crippen LogP contribution in [-0.2, 0) is 0 Å². The monoisotopic (exact) mass is 337 g/mol. The molecule has 0 amide bonds. The number of rotatable bonds is 4. The predicted molar refractivity (Wildman–Crippen MR) is 87.9 cm³/mol. The minimum Gasteiger partial charge on any atom is -0.304 e. The molecule has 0 fully saturated rings. The Hall–Kier alpha value is -0.640. The molecule has 2 atom stereocenters. The van der Waals surface area contributed by atoms with Crippen molar-refractivity contribution in [3.05, 3.63) is 55.7 Å². The third-order valence-electron chi connectivity index (χ3n) is 3.39. The van der Waals surface area contributed by atoms with Crippen molar-refractivity contribution in [1.82, 2.24) is 5.32 Å². The number of aryl methyl sites for hydroxylation is 2. The molecular weight excluding hydrogens is 318 g/mol. The van der Waals surface area contributed by atoms with E-state index in [-0.39, 0.29) is 0 Å². The maximum absolute atomic E-state index is 3.68. The highest BCUT2D eigenvalue weighted by atomic mass is 79.9. The van der Waals surface area contributed by atoms with Crippen molar-refractivity contribution in [1.29, 1.82) is 0 Å². The topological polar surface area (TPSA) is 12.0 Å². The highest BCUT2D eigenvalue weighted by molar-refractivity contribution is 9.10. The Morgan fingerprint density at radius 1 is 1.11 bits per heavy atom. The van der Waals surface area contributed by atoms with Gasteiger partial charge in [-0.2, -0.15) is 0 Å². The van der Waals surface area contributed by atoms with E-state index in [1.54, 1.807) is 0 Å². The largest absolute Gasteiger partial charge is 0.304 e. The van der Waals surface area contributed by atoms with Gasteiger partial charge in [-0.3, -0.25) is 0 Å². The van der Waals surface area contributed by atoms with Crippen LogP contribution >= 0.6 is 27.3 Å². The van der Waals surface area contributed by atoms with Crippen LogP contribution < -0.4 is 5.32 Å². The van der Waals surface area contributed by atoms with Crippen LogP contribution in [0.1, 0.15) is 46.8 Å². The van der Waals surface area contributed by atoms with Crippen LogP contribution in [0, 0.1) is 13.8 Å². The Balaban J connectivity index is 2.10. The van der Waals surface area contributed by atoms with Gasteiger partial charge in [0.05, 0.1) is 0 Å².